The summed E-state index contributed by atoms with van der Waals surface area (Å²) in [5.41, 5.74) is 9.15. The van der Waals surface area contributed by atoms with Gasteiger partial charge in [0.15, 0.2) is 0 Å². The first-order chi connectivity index (χ1) is 7.90. The predicted molar refractivity (Wildman–Crippen MR) is 57.7 cm³/mol. The Labute approximate surface area is 94.5 Å². The molecule has 5 nitrogen and oxygen atoms in total. The van der Waals surface area contributed by atoms with Crippen LogP contribution in [-0.2, 0) is 29.2 Å². The Morgan fingerprint density at radius 3 is 2.81 bits per heavy atom. The minimum atomic E-state index is 0.462. The molecule has 16 heavy (non-hydrogen) atoms. The Morgan fingerprint density at radius 1 is 1.25 bits per heavy atom. The molecule has 0 spiro atoms. The van der Waals surface area contributed by atoms with Gasteiger partial charge in [0.1, 0.15) is 0 Å². The van der Waals surface area contributed by atoms with Crippen LogP contribution in [0, 0.1) is 0 Å². The van der Waals surface area contributed by atoms with E-state index in [9.17, 15) is 0 Å². The van der Waals surface area contributed by atoms with Crippen LogP contribution in [0.15, 0.2) is 0 Å². The number of rotatable bonds is 2. The number of fused-ring (bicyclic) bond motifs is 1. The summed E-state index contributed by atoms with van der Waals surface area (Å²) in [4.78, 5) is 0. The van der Waals surface area contributed by atoms with Crippen LogP contribution in [0.5, 0.6) is 0 Å². The van der Waals surface area contributed by atoms with E-state index in [0.29, 0.717) is 25.8 Å². The lowest BCUT2D eigenvalue weighted by Crippen LogP contribution is -2.22. The molecule has 0 atom stereocenters. The molecule has 3 heterocycles. The quantitative estimate of drug-likeness (QED) is 0.802. The van der Waals surface area contributed by atoms with Gasteiger partial charge in [0, 0.05) is 25.3 Å². The van der Waals surface area contributed by atoms with Crippen molar-refractivity contribution >= 4 is 0 Å². The van der Waals surface area contributed by atoms with Gasteiger partial charge < -0.3 is 15.2 Å². The Bertz CT molecular complexity index is 383. The highest BCUT2D eigenvalue weighted by atomic mass is 16.5. The molecule has 2 aliphatic heterocycles. The van der Waals surface area contributed by atoms with Gasteiger partial charge in [-0.2, -0.15) is 5.10 Å². The molecule has 0 saturated carbocycles. The first-order valence-corrected chi connectivity index (χ1v) is 5.85. The van der Waals surface area contributed by atoms with Gasteiger partial charge in [0.05, 0.1) is 30.6 Å². The summed E-state index contributed by atoms with van der Waals surface area (Å²) in [6.07, 6.45) is 2.08. The number of ether oxygens (including phenoxy) is 2. The molecule has 1 aromatic heterocycles. The molecule has 2 N–H and O–H groups in total. The number of aromatic nitrogens is 2. The molecule has 1 aromatic rings. The van der Waals surface area contributed by atoms with Crippen LogP contribution in [0.4, 0.5) is 0 Å². The van der Waals surface area contributed by atoms with Crippen LogP contribution in [0.25, 0.3) is 0 Å². The fraction of sp³-hybridized carbons (Fsp3) is 0.727. The molecule has 1 fully saturated rings. The topological polar surface area (TPSA) is 62.3 Å². The van der Waals surface area contributed by atoms with Gasteiger partial charge in [0.2, 0.25) is 0 Å². The molecule has 0 aliphatic carbocycles. The van der Waals surface area contributed by atoms with Crippen molar-refractivity contribution in [2.75, 3.05) is 13.2 Å². The van der Waals surface area contributed by atoms with Gasteiger partial charge in [-0.05, 0) is 12.8 Å². The lowest BCUT2D eigenvalue weighted by atomic mass is 10.1. The molecular weight excluding hydrogens is 206 g/mol. The standard InChI is InChI=1S/C11H17N3O2/c12-5-10-9-6-16-7-11(9)14(13-10)8-1-3-15-4-2-8/h8H,1-7,12H2. The molecule has 0 radical (unpaired) electrons. The SMILES string of the molecule is NCc1nn(C2CCOCC2)c2c1COC2. The van der Waals surface area contributed by atoms with Gasteiger partial charge in [-0.1, -0.05) is 0 Å². The largest absolute Gasteiger partial charge is 0.381 e. The fourth-order valence-corrected chi connectivity index (χ4v) is 2.52. The molecule has 2 aliphatic rings. The minimum Gasteiger partial charge on any atom is -0.381 e. The minimum absolute atomic E-state index is 0.462. The van der Waals surface area contributed by atoms with Gasteiger partial charge in [-0.15, -0.1) is 0 Å². The second-order valence-corrected chi connectivity index (χ2v) is 4.36. The van der Waals surface area contributed by atoms with E-state index in [2.05, 4.69) is 9.78 Å². The van der Waals surface area contributed by atoms with Crippen LogP contribution in [-0.4, -0.2) is 23.0 Å². The first-order valence-electron chi connectivity index (χ1n) is 5.85. The zero-order valence-electron chi connectivity index (χ0n) is 9.32. The van der Waals surface area contributed by atoms with Crippen molar-refractivity contribution < 1.29 is 9.47 Å². The average Bonchev–Trinajstić information content (AvgIpc) is 2.91. The number of nitrogens with zero attached hydrogens (tertiary/aromatic N) is 2. The molecule has 3 rings (SSSR count). The smallest absolute Gasteiger partial charge is 0.0893 e. The third-order valence-corrected chi connectivity index (χ3v) is 3.42. The molecule has 1 saturated heterocycles. The number of nitrogens with two attached hydrogens (primary N) is 1. The molecule has 0 unspecified atom stereocenters. The predicted octanol–water partition coefficient (Wildman–Crippen LogP) is 0.723. The van der Waals surface area contributed by atoms with Crippen molar-refractivity contribution in [2.24, 2.45) is 5.73 Å². The average molecular weight is 223 g/mol. The van der Waals surface area contributed by atoms with E-state index < -0.39 is 0 Å². The van der Waals surface area contributed by atoms with E-state index in [1.807, 2.05) is 0 Å². The van der Waals surface area contributed by atoms with Gasteiger partial charge in [0.25, 0.3) is 0 Å². The van der Waals surface area contributed by atoms with E-state index in [1.165, 1.54) is 11.3 Å². The van der Waals surface area contributed by atoms with Gasteiger partial charge in [-0.25, -0.2) is 0 Å². The van der Waals surface area contributed by atoms with Crippen LogP contribution in [0.3, 0.4) is 0 Å². The Kier molecular flexibility index (Phi) is 2.67. The maximum absolute atomic E-state index is 5.71. The third kappa shape index (κ3) is 1.55. The van der Waals surface area contributed by atoms with Crippen LogP contribution >= 0.6 is 0 Å². The molecule has 88 valence electrons. The monoisotopic (exact) mass is 223 g/mol. The van der Waals surface area contributed by atoms with E-state index in [4.69, 9.17) is 15.2 Å². The number of hydrogen-bond acceptors (Lipinski definition) is 4. The lowest BCUT2D eigenvalue weighted by molar-refractivity contribution is 0.0626. The summed E-state index contributed by atoms with van der Waals surface area (Å²) in [5.74, 6) is 0. The molecule has 0 aromatic carbocycles. The second-order valence-electron chi connectivity index (χ2n) is 4.36. The Hall–Kier alpha value is -0.910. The van der Waals surface area contributed by atoms with E-state index in [0.717, 1.165) is 31.7 Å². The van der Waals surface area contributed by atoms with Crippen molar-refractivity contribution in [3.63, 3.8) is 0 Å². The van der Waals surface area contributed by atoms with Gasteiger partial charge >= 0.3 is 0 Å². The summed E-state index contributed by atoms with van der Waals surface area (Å²) in [6, 6.07) is 0.462. The second kappa shape index (κ2) is 4.16. The fourth-order valence-electron chi connectivity index (χ4n) is 2.52. The summed E-state index contributed by atoms with van der Waals surface area (Å²) < 4.78 is 13.0. The van der Waals surface area contributed by atoms with E-state index in [-0.39, 0.29) is 0 Å². The van der Waals surface area contributed by atoms with Crippen LogP contribution < -0.4 is 5.73 Å². The molecule has 0 amide bonds. The van der Waals surface area contributed by atoms with Crippen molar-refractivity contribution in [3.8, 4) is 0 Å². The number of hydrogen-bond donors (Lipinski definition) is 1. The summed E-state index contributed by atoms with van der Waals surface area (Å²) in [7, 11) is 0. The zero-order chi connectivity index (χ0) is 11.0. The summed E-state index contributed by atoms with van der Waals surface area (Å²) >= 11 is 0. The van der Waals surface area contributed by atoms with Crippen molar-refractivity contribution in [1.82, 2.24) is 9.78 Å². The van der Waals surface area contributed by atoms with Crippen LogP contribution in [0.2, 0.25) is 0 Å². The van der Waals surface area contributed by atoms with Gasteiger partial charge in [-0.3, -0.25) is 4.68 Å². The maximum atomic E-state index is 5.71. The molecular formula is C11H17N3O2. The Morgan fingerprint density at radius 2 is 2.06 bits per heavy atom. The lowest BCUT2D eigenvalue weighted by Gasteiger charge is -2.23. The third-order valence-electron chi connectivity index (χ3n) is 3.42. The highest BCUT2D eigenvalue weighted by Gasteiger charge is 2.27. The summed E-state index contributed by atoms with van der Waals surface area (Å²) in [5, 5.41) is 4.63. The molecule has 0 bridgehead atoms. The Balaban J connectivity index is 1.94. The van der Waals surface area contributed by atoms with Crippen molar-refractivity contribution in [3.05, 3.63) is 17.0 Å². The highest BCUT2D eigenvalue weighted by molar-refractivity contribution is 5.28. The highest BCUT2D eigenvalue weighted by Crippen LogP contribution is 2.29. The zero-order valence-corrected chi connectivity index (χ0v) is 9.32. The summed E-state index contributed by atoms with van der Waals surface area (Å²) in [6.45, 7) is 3.52. The maximum Gasteiger partial charge on any atom is 0.0893 e. The first kappa shape index (κ1) is 10.3. The van der Waals surface area contributed by atoms with Crippen molar-refractivity contribution in [2.45, 2.75) is 38.6 Å². The van der Waals surface area contributed by atoms with E-state index in [1.54, 1.807) is 0 Å². The van der Waals surface area contributed by atoms with E-state index >= 15 is 0 Å². The van der Waals surface area contributed by atoms with Crippen LogP contribution in [0.1, 0.15) is 35.8 Å². The van der Waals surface area contributed by atoms with Crippen molar-refractivity contribution in [1.29, 1.82) is 0 Å². The normalized spacial score (nSPS) is 21.3. The molecule has 5 heteroatoms.